The highest BCUT2D eigenvalue weighted by molar-refractivity contribution is 5.78. The summed E-state index contributed by atoms with van der Waals surface area (Å²) in [5, 5.41) is 0. The Balaban J connectivity index is 1.99. The van der Waals surface area contributed by atoms with E-state index in [1.54, 1.807) is 6.20 Å². The zero-order valence-electron chi connectivity index (χ0n) is 9.85. The molecule has 1 aliphatic rings. The summed E-state index contributed by atoms with van der Waals surface area (Å²) >= 11 is 0. The molecule has 1 heterocycles. The zero-order chi connectivity index (χ0) is 11.5. The molecule has 4 heteroatoms. The molecule has 86 valence electrons. The highest BCUT2D eigenvalue weighted by Crippen LogP contribution is 2.24. The van der Waals surface area contributed by atoms with Gasteiger partial charge in [-0.15, -0.1) is 0 Å². The summed E-state index contributed by atoms with van der Waals surface area (Å²) in [5.74, 6) is 0.618. The van der Waals surface area contributed by atoms with Gasteiger partial charge in [0.05, 0.1) is 12.2 Å². The van der Waals surface area contributed by atoms with Crippen LogP contribution in [0.15, 0.2) is 23.3 Å². The average Bonchev–Trinajstić information content (AvgIpc) is 3.10. The summed E-state index contributed by atoms with van der Waals surface area (Å²) in [6.45, 7) is 2.61. The molecule has 1 aliphatic carbocycles. The summed E-state index contributed by atoms with van der Waals surface area (Å²) in [4.78, 5) is 10.7. The summed E-state index contributed by atoms with van der Waals surface area (Å²) in [7, 11) is 2.00. The first kappa shape index (κ1) is 10.9. The molecule has 1 saturated carbocycles. The van der Waals surface area contributed by atoms with Crippen LogP contribution in [0.25, 0.3) is 0 Å². The van der Waals surface area contributed by atoms with Crippen LogP contribution in [0.1, 0.15) is 24.1 Å². The van der Waals surface area contributed by atoms with Gasteiger partial charge in [0, 0.05) is 19.3 Å². The quantitative estimate of drug-likeness (QED) is 0.614. The molecule has 1 fully saturated rings. The predicted molar refractivity (Wildman–Crippen MR) is 65.1 cm³/mol. The van der Waals surface area contributed by atoms with E-state index in [0.717, 1.165) is 11.3 Å². The fourth-order valence-electron chi connectivity index (χ4n) is 1.60. The van der Waals surface area contributed by atoms with E-state index >= 15 is 0 Å². The highest BCUT2D eigenvalue weighted by atomic mass is 15.3. The lowest BCUT2D eigenvalue weighted by Crippen LogP contribution is -2.35. The molecule has 0 bridgehead atoms. The first-order chi connectivity index (χ1) is 7.68. The van der Waals surface area contributed by atoms with Gasteiger partial charge in [0.25, 0.3) is 0 Å². The number of nitrogens with zero attached hydrogens (tertiary/aromatic N) is 3. The van der Waals surface area contributed by atoms with Crippen LogP contribution < -0.4 is 5.73 Å². The fraction of sp³-hybridized carbons (Fsp3) is 0.500. The van der Waals surface area contributed by atoms with Crippen LogP contribution >= 0.6 is 0 Å². The lowest BCUT2D eigenvalue weighted by atomic mass is 10.2. The van der Waals surface area contributed by atoms with Crippen LogP contribution in [0.2, 0.25) is 0 Å². The maximum Gasteiger partial charge on any atom is 0.191 e. The van der Waals surface area contributed by atoms with E-state index in [4.69, 9.17) is 5.73 Å². The molecule has 0 aliphatic heterocycles. The van der Waals surface area contributed by atoms with E-state index in [1.165, 1.54) is 12.8 Å². The van der Waals surface area contributed by atoms with E-state index in [9.17, 15) is 0 Å². The van der Waals surface area contributed by atoms with Gasteiger partial charge in [0.2, 0.25) is 0 Å². The molecule has 1 aromatic heterocycles. The van der Waals surface area contributed by atoms with Gasteiger partial charge in [-0.25, -0.2) is 4.99 Å². The average molecular weight is 218 g/mol. The standard InChI is InChI=1S/C12H18N4/c1-9-4-3-7-14-11(9)8-15-12(13)16(2)10-5-6-10/h3-4,7,10H,5-6,8H2,1-2H3,(H2,13,15). The minimum absolute atomic E-state index is 0.565. The molecule has 2 N–H and O–H groups in total. The number of aliphatic imine (C=N–C) groups is 1. The highest BCUT2D eigenvalue weighted by Gasteiger charge is 2.27. The molecular weight excluding hydrogens is 200 g/mol. The van der Waals surface area contributed by atoms with Crippen LogP contribution in [0.4, 0.5) is 0 Å². The van der Waals surface area contributed by atoms with Gasteiger partial charge in [-0.1, -0.05) is 6.07 Å². The minimum atomic E-state index is 0.565. The minimum Gasteiger partial charge on any atom is -0.370 e. The number of guanidine groups is 1. The second-order valence-electron chi connectivity index (χ2n) is 4.28. The van der Waals surface area contributed by atoms with Crippen LogP contribution in [0.5, 0.6) is 0 Å². The van der Waals surface area contributed by atoms with Crippen molar-refractivity contribution < 1.29 is 0 Å². The van der Waals surface area contributed by atoms with Crippen molar-refractivity contribution in [2.45, 2.75) is 32.4 Å². The van der Waals surface area contributed by atoms with Gasteiger partial charge >= 0.3 is 0 Å². The van der Waals surface area contributed by atoms with Crippen molar-refractivity contribution in [3.8, 4) is 0 Å². The third-order valence-electron chi connectivity index (χ3n) is 2.96. The van der Waals surface area contributed by atoms with E-state index < -0.39 is 0 Å². The van der Waals surface area contributed by atoms with Crippen molar-refractivity contribution in [1.29, 1.82) is 0 Å². The Morgan fingerprint density at radius 3 is 3.00 bits per heavy atom. The SMILES string of the molecule is Cc1cccnc1CN=C(N)N(C)C1CC1. The third-order valence-corrected chi connectivity index (χ3v) is 2.96. The lowest BCUT2D eigenvalue weighted by Gasteiger charge is -2.16. The van der Waals surface area contributed by atoms with Gasteiger partial charge in [0.1, 0.15) is 0 Å². The maximum absolute atomic E-state index is 5.90. The van der Waals surface area contributed by atoms with Crippen LogP contribution in [-0.4, -0.2) is 28.9 Å². The van der Waals surface area contributed by atoms with Crippen molar-refractivity contribution in [3.05, 3.63) is 29.6 Å². The fourth-order valence-corrected chi connectivity index (χ4v) is 1.60. The number of nitrogens with two attached hydrogens (primary N) is 1. The third kappa shape index (κ3) is 2.51. The molecule has 1 aromatic rings. The number of aryl methyl sites for hydroxylation is 1. The molecule has 0 saturated heterocycles. The molecule has 2 rings (SSSR count). The number of hydrogen-bond donors (Lipinski definition) is 1. The van der Waals surface area contributed by atoms with Gasteiger partial charge in [0.15, 0.2) is 5.96 Å². The first-order valence-electron chi connectivity index (χ1n) is 5.61. The summed E-state index contributed by atoms with van der Waals surface area (Å²) < 4.78 is 0. The number of hydrogen-bond acceptors (Lipinski definition) is 2. The van der Waals surface area contributed by atoms with Crippen molar-refractivity contribution in [2.75, 3.05) is 7.05 Å². The number of aromatic nitrogens is 1. The topological polar surface area (TPSA) is 54.5 Å². The maximum atomic E-state index is 5.90. The molecule has 16 heavy (non-hydrogen) atoms. The first-order valence-corrected chi connectivity index (χ1v) is 5.61. The Morgan fingerprint density at radius 1 is 1.62 bits per heavy atom. The molecule has 0 atom stereocenters. The smallest absolute Gasteiger partial charge is 0.191 e. The Kier molecular flexibility index (Phi) is 3.08. The van der Waals surface area contributed by atoms with Crippen molar-refractivity contribution in [2.24, 2.45) is 10.7 Å². The van der Waals surface area contributed by atoms with Crippen molar-refractivity contribution in [3.63, 3.8) is 0 Å². The number of rotatable bonds is 3. The van der Waals surface area contributed by atoms with Crippen LogP contribution in [0, 0.1) is 6.92 Å². The summed E-state index contributed by atoms with van der Waals surface area (Å²) in [5.41, 5.74) is 8.06. The van der Waals surface area contributed by atoms with E-state index in [0.29, 0.717) is 18.5 Å². The molecule has 0 amide bonds. The largest absolute Gasteiger partial charge is 0.370 e. The normalized spacial score (nSPS) is 16.2. The van der Waals surface area contributed by atoms with E-state index in [2.05, 4.69) is 14.9 Å². The second kappa shape index (κ2) is 4.51. The van der Waals surface area contributed by atoms with Gasteiger partial charge in [-0.05, 0) is 31.4 Å². The molecule has 0 radical (unpaired) electrons. The van der Waals surface area contributed by atoms with Crippen LogP contribution in [-0.2, 0) is 6.54 Å². The van der Waals surface area contributed by atoms with E-state index in [1.807, 2.05) is 26.1 Å². The Labute approximate surface area is 96.2 Å². The zero-order valence-corrected chi connectivity index (χ0v) is 9.85. The second-order valence-corrected chi connectivity index (χ2v) is 4.28. The van der Waals surface area contributed by atoms with Gasteiger partial charge in [-0.3, -0.25) is 4.98 Å². The molecule has 4 nitrogen and oxygen atoms in total. The van der Waals surface area contributed by atoms with Gasteiger partial charge in [-0.2, -0.15) is 0 Å². The summed E-state index contributed by atoms with van der Waals surface area (Å²) in [6, 6.07) is 4.58. The van der Waals surface area contributed by atoms with Crippen LogP contribution in [0.3, 0.4) is 0 Å². The Hall–Kier alpha value is -1.58. The van der Waals surface area contributed by atoms with Crippen molar-refractivity contribution >= 4 is 5.96 Å². The Morgan fingerprint density at radius 2 is 2.38 bits per heavy atom. The number of pyridine rings is 1. The molecular formula is C12H18N4. The molecule has 0 aromatic carbocycles. The van der Waals surface area contributed by atoms with Gasteiger partial charge < -0.3 is 10.6 Å². The lowest BCUT2D eigenvalue weighted by molar-refractivity contribution is 0.487. The molecule has 0 spiro atoms. The van der Waals surface area contributed by atoms with E-state index in [-0.39, 0.29) is 0 Å². The summed E-state index contributed by atoms with van der Waals surface area (Å²) in [6.07, 6.45) is 4.25. The monoisotopic (exact) mass is 218 g/mol. The Bertz CT molecular complexity index is 396. The van der Waals surface area contributed by atoms with Crippen molar-refractivity contribution in [1.82, 2.24) is 9.88 Å². The molecule has 0 unspecified atom stereocenters. The predicted octanol–water partition coefficient (Wildman–Crippen LogP) is 1.30.